The van der Waals surface area contributed by atoms with E-state index in [0.717, 1.165) is 0 Å². The Labute approximate surface area is 70.6 Å². The summed E-state index contributed by atoms with van der Waals surface area (Å²) in [5, 5.41) is 6.27. The normalized spacial score (nSPS) is 10.7. The Bertz CT molecular complexity index is 301. The molecular formula is C5H5F2N3O3. The lowest BCUT2D eigenvalue weighted by Gasteiger charge is -1.97. The Morgan fingerprint density at radius 3 is 2.85 bits per heavy atom. The third kappa shape index (κ3) is 2.44. The Hall–Kier alpha value is -1.57. The molecule has 0 radical (unpaired) electrons. The zero-order valence-electron chi connectivity index (χ0n) is 6.24. The number of rotatable bonds is 4. The zero-order chi connectivity index (χ0) is 9.84. The summed E-state index contributed by atoms with van der Waals surface area (Å²) >= 11 is 0. The fourth-order valence-electron chi connectivity index (χ4n) is 0.630. The van der Waals surface area contributed by atoms with Gasteiger partial charge in [-0.3, -0.25) is 4.79 Å². The molecule has 1 aromatic heterocycles. The fourth-order valence-corrected chi connectivity index (χ4v) is 0.630. The first-order valence-corrected chi connectivity index (χ1v) is 3.12. The Kier molecular flexibility index (Phi) is 2.85. The van der Waals surface area contributed by atoms with Gasteiger partial charge in [-0.25, -0.2) is 4.63 Å². The summed E-state index contributed by atoms with van der Waals surface area (Å²) in [5.41, 5.74) is 4.37. The van der Waals surface area contributed by atoms with Gasteiger partial charge in [-0.2, -0.15) is 8.78 Å². The van der Waals surface area contributed by atoms with E-state index < -0.39 is 19.1 Å². The van der Waals surface area contributed by atoms with Gasteiger partial charge in [0.2, 0.25) is 0 Å². The van der Waals surface area contributed by atoms with E-state index in [0.29, 0.717) is 0 Å². The van der Waals surface area contributed by atoms with Crippen LogP contribution in [0.1, 0.15) is 16.2 Å². The summed E-state index contributed by atoms with van der Waals surface area (Å²) in [7, 11) is 0. The van der Waals surface area contributed by atoms with E-state index in [4.69, 9.17) is 5.73 Å². The highest BCUT2D eigenvalue weighted by Gasteiger charge is 2.16. The molecule has 2 N–H and O–H groups in total. The highest BCUT2D eigenvalue weighted by atomic mass is 19.3. The van der Waals surface area contributed by atoms with Crippen molar-refractivity contribution in [3.63, 3.8) is 0 Å². The van der Waals surface area contributed by atoms with Crippen LogP contribution in [0.5, 0.6) is 0 Å². The Balaban J connectivity index is 2.65. The summed E-state index contributed by atoms with van der Waals surface area (Å²) in [6, 6.07) is 0. The van der Waals surface area contributed by atoms with E-state index in [1.165, 1.54) is 0 Å². The van der Waals surface area contributed by atoms with Crippen molar-refractivity contribution in [3.8, 4) is 0 Å². The summed E-state index contributed by atoms with van der Waals surface area (Å²) in [4.78, 5) is 10.5. The van der Waals surface area contributed by atoms with Crippen molar-refractivity contribution in [3.05, 3.63) is 11.4 Å². The molecule has 0 aliphatic heterocycles. The van der Waals surface area contributed by atoms with Crippen molar-refractivity contribution in [1.82, 2.24) is 10.3 Å². The van der Waals surface area contributed by atoms with E-state index >= 15 is 0 Å². The molecule has 0 aliphatic carbocycles. The molecule has 0 bridgehead atoms. The SMILES string of the molecule is NC(=O)c1nonc1COC(F)F. The van der Waals surface area contributed by atoms with E-state index in [2.05, 4.69) is 19.7 Å². The highest BCUT2D eigenvalue weighted by Crippen LogP contribution is 2.06. The molecule has 8 heteroatoms. The van der Waals surface area contributed by atoms with Crippen LogP contribution in [-0.4, -0.2) is 22.8 Å². The summed E-state index contributed by atoms with van der Waals surface area (Å²) in [6.45, 7) is -3.52. The van der Waals surface area contributed by atoms with Crippen LogP contribution in [0.4, 0.5) is 8.78 Å². The molecule has 0 unspecified atom stereocenters. The van der Waals surface area contributed by atoms with Gasteiger partial charge in [0.05, 0.1) is 0 Å². The smallest absolute Gasteiger partial charge is 0.345 e. The Morgan fingerprint density at radius 2 is 2.31 bits per heavy atom. The number of nitrogens with zero attached hydrogens (tertiary/aromatic N) is 2. The number of primary amides is 1. The van der Waals surface area contributed by atoms with Crippen molar-refractivity contribution < 1.29 is 22.9 Å². The maximum atomic E-state index is 11.5. The van der Waals surface area contributed by atoms with Crippen LogP contribution >= 0.6 is 0 Å². The standard InChI is InChI=1S/C5H5F2N3O3/c6-5(7)12-1-2-3(4(8)11)10-13-9-2/h5H,1H2,(H2,8,11). The highest BCUT2D eigenvalue weighted by molar-refractivity contribution is 5.91. The first-order valence-electron chi connectivity index (χ1n) is 3.12. The summed E-state index contributed by atoms with van der Waals surface area (Å²) in [6.07, 6.45) is 0. The van der Waals surface area contributed by atoms with Crippen molar-refractivity contribution in [2.24, 2.45) is 5.73 Å². The molecule has 13 heavy (non-hydrogen) atoms. The van der Waals surface area contributed by atoms with Gasteiger partial charge in [0.25, 0.3) is 5.91 Å². The quantitative estimate of drug-likeness (QED) is 0.721. The minimum atomic E-state index is -2.95. The molecule has 6 nitrogen and oxygen atoms in total. The molecule has 0 saturated heterocycles. The maximum Gasteiger partial charge on any atom is 0.345 e. The lowest BCUT2D eigenvalue weighted by molar-refractivity contribution is -0.138. The van der Waals surface area contributed by atoms with E-state index in [1.807, 2.05) is 0 Å². The monoisotopic (exact) mass is 193 g/mol. The molecule has 1 rings (SSSR count). The summed E-state index contributed by atoms with van der Waals surface area (Å²) in [5.74, 6) is -0.908. The van der Waals surface area contributed by atoms with Gasteiger partial charge in [0.15, 0.2) is 5.69 Å². The molecule has 0 saturated carbocycles. The van der Waals surface area contributed by atoms with Gasteiger partial charge in [-0.1, -0.05) is 5.16 Å². The number of hydrogen-bond acceptors (Lipinski definition) is 5. The van der Waals surface area contributed by atoms with Gasteiger partial charge < -0.3 is 10.5 Å². The largest absolute Gasteiger partial charge is 0.364 e. The molecule has 1 amide bonds. The van der Waals surface area contributed by atoms with Crippen LogP contribution < -0.4 is 5.73 Å². The van der Waals surface area contributed by atoms with Gasteiger partial charge in [0, 0.05) is 0 Å². The molecule has 1 aromatic rings. The first kappa shape index (κ1) is 9.52. The van der Waals surface area contributed by atoms with Gasteiger partial charge in [-0.05, 0) is 5.16 Å². The lowest BCUT2D eigenvalue weighted by Crippen LogP contribution is -2.14. The number of carbonyl (C=O) groups is 1. The number of carbonyl (C=O) groups excluding carboxylic acids is 1. The van der Waals surface area contributed by atoms with E-state index in [1.54, 1.807) is 0 Å². The van der Waals surface area contributed by atoms with Crippen LogP contribution in [0.3, 0.4) is 0 Å². The van der Waals surface area contributed by atoms with Crippen LogP contribution in [0.25, 0.3) is 0 Å². The molecule has 0 atom stereocenters. The second-order valence-corrected chi connectivity index (χ2v) is 2.00. The number of hydrogen-bond donors (Lipinski definition) is 1. The predicted molar refractivity (Wildman–Crippen MR) is 33.6 cm³/mol. The van der Waals surface area contributed by atoms with Crippen molar-refractivity contribution in [2.75, 3.05) is 0 Å². The van der Waals surface area contributed by atoms with Crippen molar-refractivity contribution >= 4 is 5.91 Å². The van der Waals surface area contributed by atoms with E-state index in [9.17, 15) is 13.6 Å². The number of aromatic nitrogens is 2. The lowest BCUT2D eigenvalue weighted by atomic mass is 10.3. The first-order chi connectivity index (χ1) is 6.11. The molecule has 0 aliphatic rings. The summed E-state index contributed by atoms with van der Waals surface area (Å²) < 4.78 is 31.1. The second-order valence-electron chi connectivity index (χ2n) is 2.00. The average molecular weight is 193 g/mol. The van der Waals surface area contributed by atoms with E-state index in [-0.39, 0.29) is 11.4 Å². The second kappa shape index (κ2) is 3.90. The minimum Gasteiger partial charge on any atom is -0.364 e. The van der Waals surface area contributed by atoms with Crippen LogP contribution in [0.2, 0.25) is 0 Å². The maximum absolute atomic E-state index is 11.5. The third-order valence-electron chi connectivity index (χ3n) is 1.14. The number of amides is 1. The number of ether oxygens (including phenoxy) is 1. The fraction of sp³-hybridized carbons (Fsp3) is 0.400. The average Bonchev–Trinajstić information content (AvgIpc) is 2.47. The van der Waals surface area contributed by atoms with Crippen LogP contribution in [0.15, 0.2) is 4.63 Å². The number of nitrogens with two attached hydrogens (primary N) is 1. The third-order valence-corrected chi connectivity index (χ3v) is 1.14. The van der Waals surface area contributed by atoms with Gasteiger partial charge >= 0.3 is 6.61 Å². The van der Waals surface area contributed by atoms with Gasteiger partial charge in [-0.15, -0.1) is 0 Å². The number of halogens is 2. The molecule has 1 heterocycles. The molecular weight excluding hydrogens is 188 g/mol. The zero-order valence-corrected chi connectivity index (χ0v) is 6.24. The number of alkyl halides is 2. The molecule has 72 valence electrons. The van der Waals surface area contributed by atoms with Crippen molar-refractivity contribution in [2.45, 2.75) is 13.2 Å². The molecule has 0 spiro atoms. The van der Waals surface area contributed by atoms with Gasteiger partial charge in [0.1, 0.15) is 12.3 Å². The van der Waals surface area contributed by atoms with Crippen LogP contribution in [-0.2, 0) is 11.3 Å². The predicted octanol–water partition coefficient (Wildman–Crippen LogP) is -0.0923. The molecule has 0 fully saturated rings. The minimum absolute atomic E-state index is 0.146. The Morgan fingerprint density at radius 1 is 1.62 bits per heavy atom. The topological polar surface area (TPSA) is 91.2 Å². The van der Waals surface area contributed by atoms with Crippen molar-refractivity contribution in [1.29, 1.82) is 0 Å². The molecule has 0 aromatic carbocycles. The van der Waals surface area contributed by atoms with Crippen LogP contribution in [0, 0.1) is 0 Å².